The Kier molecular flexibility index (Phi) is 5.12. The molecule has 0 radical (unpaired) electrons. The molecule has 0 saturated carbocycles. The summed E-state index contributed by atoms with van der Waals surface area (Å²) >= 11 is 0. The molecule has 28 heavy (non-hydrogen) atoms. The molecule has 2 aliphatic heterocycles. The number of aromatic nitrogens is 2. The van der Waals surface area contributed by atoms with Gasteiger partial charge >= 0.3 is 12.1 Å². The Morgan fingerprint density at radius 3 is 2.54 bits per heavy atom. The van der Waals surface area contributed by atoms with Gasteiger partial charge in [0.05, 0.1) is 49.7 Å². The predicted molar refractivity (Wildman–Crippen MR) is 101 cm³/mol. The molecule has 2 aliphatic rings. The summed E-state index contributed by atoms with van der Waals surface area (Å²) in [4.78, 5) is 40.5. The fourth-order valence-electron chi connectivity index (χ4n) is 3.80. The number of carbonyl (C=O) groups excluding carboxylic acids is 3. The molecule has 0 N–H and O–H groups in total. The van der Waals surface area contributed by atoms with Crippen molar-refractivity contribution in [2.24, 2.45) is 5.92 Å². The van der Waals surface area contributed by atoms with Crippen molar-refractivity contribution < 1.29 is 23.9 Å². The van der Waals surface area contributed by atoms with Crippen LogP contribution < -0.4 is 4.90 Å². The quantitative estimate of drug-likeness (QED) is 0.714. The monoisotopic (exact) mass is 392 g/mol. The number of anilines is 1. The highest BCUT2D eigenvalue weighted by Gasteiger charge is 2.44. The molecule has 154 valence electrons. The van der Waals surface area contributed by atoms with Gasteiger partial charge in [-0.05, 0) is 34.6 Å². The van der Waals surface area contributed by atoms with E-state index in [0.29, 0.717) is 12.2 Å². The number of carbonyl (C=O) groups is 3. The van der Waals surface area contributed by atoms with Crippen LogP contribution in [0, 0.1) is 5.92 Å². The Bertz CT molecular complexity index is 797. The number of hydrogen-bond acceptors (Lipinski definition) is 6. The predicted octanol–water partition coefficient (Wildman–Crippen LogP) is 1.94. The summed E-state index contributed by atoms with van der Waals surface area (Å²) in [5, 5.41) is 4.41. The van der Waals surface area contributed by atoms with Crippen molar-refractivity contribution >= 4 is 23.7 Å². The Morgan fingerprint density at radius 1 is 1.25 bits per heavy atom. The summed E-state index contributed by atoms with van der Waals surface area (Å²) in [5.74, 6) is -1.06. The fourth-order valence-corrected chi connectivity index (χ4v) is 3.80. The molecular weight excluding hydrogens is 364 g/mol. The minimum absolute atomic E-state index is 0.0929. The van der Waals surface area contributed by atoms with Gasteiger partial charge in [-0.25, -0.2) is 4.79 Å². The smallest absolute Gasteiger partial charge is 0.410 e. The number of ether oxygens (including phenoxy) is 2. The second-order valence-electron chi connectivity index (χ2n) is 8.45. The van der Waals surface area contributed by atoms with Gasteiger partial charge in [-0.15, -0.1) is 0 Å². The lowest BCUT2D eigenvalue weighted by Crippen LogP contribution is -2.47. The normalized spacial score (nSPS) is 24.9. The van der Waals surface area contributed by atoms with E-state index in [9.17, 15) is 14.4 Å². The zero-order valence-electron chi connectivity index (χ0n) is 17.3. The van der Waals surface area contributed by atoms with Crippen LogP contribution in [-0.4, -0.2) is 57.4 Å². The van der Waals surface area contributed by atoms with Crippen LogP contribution in [0.2, 0.25) is 0 Å². The number of methoxy groups -OCH3 is 1. The maximum absolute atomic E-state index is 12.6. The standard InChI is InChI=1S/C19H28N4O5/c1-11-9-22-15(10-21(11)18(26)28-19(3,4)5)14(8-20-22)23-12(2)13(7-16(23)24)17(25)27-6/h8,11-13H,7,9-10H2,1-6H3/t11-,12-,13-/m0/s1. The molecule has 1 saturated heterocycles. The third kappa shape index (κ3) is 3.57. The van der Waals surface area contributed by atoms with Crippen LogP contribution in [0.3, 0.4) is 0 Å². The number of esters is 1. The molecule has 3 atom stereocenters. The Balaban J connectivity index is 1.88. The van der Waals surface area contributed by atoms with Crippen molar-refractivity contribution in [3.05, 3.63) is 11.9 Å². The second kappa shape index (κ2) is 7.10. The van der Waals surface area contributed by atoms with Gasteiger partial charge in [-0.1, -0.05) is 0 Å². The largest absolute Gasteiger partial charge is 0.469 e. The van der Waals surface area contributed by atoms with E-state index in [2.05, 4.69) is 5.10 Å². The first-order valence-corrected chi connectivity index (χ1v) is 9.47. The van der Waals surface area contributed by atoms with Gasteiger partial charge < -0.3 is 14.4 Å². The average molecular weight is 392 g/mol. The first-order valence-electron chi connectivity index (χ1n) is 9.47. The highest BCUT2D eigenvalue weighted by Crippen LogP contribution is 2.36. The second-order valence-corrected chi connectivity index (χ2v) is 8.45. The average Bonchev–Trinajstić information content (AvgIpc) is 3.11. The van der Waals surface area contributed by atoms with Gasteiger partial charge in [0, 0.05) is 12.5 Å². The summed E-state index contributed by atoms with van der Waals surface area (Å²) in [5.41, 5.74) is 0.795. The van der Waals surface area contributed by atoms with Crippen LogP contribution in [0.5, 0.6) is 0 Å². The lowest BCUT2D eigenvalue weighted by molar-refractivity contribution is -0.146. The van der Waals surface area contributed by atoms with E-state index in [1.54, 1.807) is 16.0 Å². The van der Waals surface area contributed by atoms with Crippen molar-refractivity contribution in [1.29, 1.82) is 0 Å². The van der Waals surface area contributed by atoms with E-state index in [-0.39, 0.29) is 31.0 Å². The highest BCUT2D eigenvalue weighted by molar-refractivity contribution is 6.00. The molecule has 0 aromatic carbocycles. The number of hydrogen-bond donors (Lipinski definition) is 0. The van der Waals surface area contributed by atoms with Crippen LogP contribution in [0.25, 0.3) is 0 Å². The molecule has 0 unspecified atom stereocenters. The van der Waals surface area contributed by atoms with Gasteiger partial charge in [0.1, 0.15) is 5.60 Å². The van der Waals surface area contributed by atoms with Crippen molar-refractivity contribution in [1.82, 2.24) is 14.7 Å². The lowest BCUT2D eigenvalue weighted by Gasteiger charge is -2.36. The molecule has 2 amide bonds. The first kappa shape index (κ1) is 20.2. The summed E-state index contributed by atoms with van der Waals surface area (Å²) in [6.07, 6.45) is 1.34. The Labute approximate surface area is 164 Å². The van der Waals surface area contributed by atoms with Gasteiger partial charge in [0.25, 0.3) is 0 Å². The summed E-state index contributed by atoms with van der Waals surface area (Å²) in [6, 6.07) is -0.437. The zero-order chi connectivity index (χ0) is 20.8. The molecule has 1 fully saturated rings. The molecule has 0 spiro atoms. The maximum Gasteiger partial charge on any atom is 0.410 e. The first-order chi connectivity index (χ1) is 13.0. The highest BCUT2D eigenvalue weighted by atomic mass is 16.6. The van der Waals surface area contributed by atoms with E-state index in [1.165, 1.54) is 7.11 Å². The van der Waals surface area contributed by atoms with Gasteiger partial charge in [0.2, 0.25) is 5.91 Å². The number of nitrogens with zero attached hydrogens (tertiary/aromatic N) is 4. The van der Waals surface area contributed by atoms with E-state index in [1.807, 2.05) is 39.3 Å². The van der Waals surface area contributed by atoms with Crippen molar-refractivity contribution in [2.45, 2.75) is 71.8 Å². The number of fused-ring (bicyclic) bond motifs is 1. The Hall–Kier alpha value is -2.58. The molecule has 1 aromatic rings. The molecule has 0 aliphatic carbocycles. The summed E-state index contributed by atoms with van der Waals surface area (Å²) in [7, 11) is 1.32. The van der Waals surface area contributed by atoms with E-state index in [4.69, 9.17) is 9.47 Å². The minimum Gasteiger partial charge on any atom is -0.469 e. The lowest BCUT2D eigenvalue weighted by atomic mass is 10.0. The molecule has 9 nitrogen and oxygen atoms in total. The van der Waals surface area contributed by atoms with Gasteiger partial charge in [-0.2, -0.15) is 5.10 Å². The molecule has 0 bridgehead atoms. The molecule has 3 heterocycles. The van der Waals surface area contributed by atoms with Crippen LogP contribution in [0.4, 0.5) is 10.5 Å². The third-order valence-electron chi connectivity index (χ3n) is 5.26. The van der Waals surface area contributed by atoms with Crippen LogP contribution in [0.1, 0.15) is 46.7 Å². The SMILES string of the molecule is COC(=O)[C@H]1CC(=O)N(c2cnn3c2CN(C(=O)OC(C)(C)C)[C@@H](C)C3)[C@H]1C. The van der Waals surface area contributed by atoms with E-state index < -0.39 is 23.6 Å². The fraction of sp³-hybridized carbons (Fsp3) is 0.684. The Morgan fingerprint density at radius 2 is 1.93 bits per heavy atom. The molecule has 9 heteroatoms. The topological polar surface area (TPSA) is 94.0 Å². The van der Waals surface area contributed by atoms with Crippen LogP contribution >= 0.6 is 0 Å². The number of amides is 2. The van der Waals surface area contributed by atoms with Crippen LogP contribution in [-0.2, 0) is 32.2 Å². The van der Waals surface area contributed by atoms with E-state index in [0.717, 1.165) is 5.69 Å². The van der Waals surface area contributed by atoms with Gasteiger partial charge in [0.15, 0.2) is 0 Å². The van der Waals surface area contributed by atoms with Gasteiger partial charge in [-0.3, -0.25) is 19.2 Å². The molecular formula is C19H28N4O5. The van der Waals surface area contributed by atoms with Crippen molar-refractivity contribution in [2.75, 3.05) is 12.0 Å². The van der Waals surface area contributed by atoms with Crippen LogP contribution in [0.15, 0.2) is 6.20 Å². The summed E-state index contributed by atoms with van der Waals surface area (Å²) < 4.78 is 12.2. The third-order valence-corrected chi connectivity index (χ3v) is 5.26. The number of rotatable bonds is 2. The summed E-state index contributed by atoms with van der Waals surface area (Å²) in [6.45, 7) is 10.0. The molecule has 1 aromatic heterocycles. The van der Waals surface area contributed by atoms with Crippen molar-refractivity contribution in [3.8, 4) is 0 Å². The minimum atomic E-state index is -0.593. The van der Waals surface area contributed by atoms with Crippen molar-refractivity contribution in [3.63, 3.8) is 0 Å². The van der Waals surface area contributed by atoms with E-state index >= 15 is 0 Å². The molecule has 3 rings (SSSR count). The maximum atomic E-state index is 12.6. The zero-order valence-corrected chi connectivity index (χ0v) is 17.3.